The van der Waals surface area contributed by atoms with Gasteiger partial charge in [-0.25, -0.2) is 0 Å². The highest BCUT2D eigenvalue weighted by atomic mass is 32.2. The number of alkyl halides is 3. The molecule has 0 radical (unpaired) electrons. The third-order valence-corrected chi connectivity index (χ3v) is 4.51. The average Bonchev–Trinajstić information content (AvgIpc) is 2.79. The molecule has 0 atom stereocenters. The summed E-state index contributed by atoms with van der Waals surface area (Å²) in [7, 11) is 1.21. The lowest BCUT2D eigenvalue weighted by molar-refractivity contribution is -0.147. The van der Waals surface area contributed by atoms with E-state index < -0.39 is 12.0 Å². The summed E-state index contributed by atoms with van der Waals surface area (Å²) in [5.41, 5.74) is 0.398. The Morgan fingerprint density at radius 3 is 2.64 bits per heavy atom. The summed E-state index contributed by atoms with van der Waals surface area (Å²) < 4.78 is 49.9. The van der Waals surface area contributed by atoms with E-state index in [2.05, 4.69) is 10.2 Å². The fourth-order valence-corrected chi connectivity index (χ4v) is 3.04. The molecule has 0 bridgehead atoms. The van der Waals surface area contributed by atoms with Crippen molar-refractivity contribution in [1.29, 1.82) is 0 Å². The zero-order valence-electron chi connectivity index (χ0n) is 13.2. The number of ether oxygens (including phenoxy) is 2. The molecule has 1 aliphatic heterocycles. The lowest BCUT2D eigenvalue weighted by Gasteiger charge is -2.09. The van der Waals surface area contributed by atoms with E-state index in [0.717, 1.165) is 22.7 Å². The predicted molar refractivity (Wildman–Crippen MR) is 83.1 cm³/mol. The van der Waals surface area contributed by atoms with Crippen molar-refractivity contribution in [3.05, 3.63) is 29.6 Å². The fourth-order valence-electron chi connectivity index (χ4n) is 2.24. The molecular weight excluding hydrogens is 359 g/mol. The highest BCUT2D eigenvalue weighted by molar-refractivity contribution is 7.99. The molecule has 1 aliphatic rings. The number of rotatable bonds is 4. The molecule has 10 heteroatoms. The molecule has 6 nitrogen and oxygen atoms in total. The van der Waals surface area contributed by atoms with Gasteiger partial charge in [-0.1, -0.05) is 11.8 Å². The summed E-state index contributed by atoms with van der Waals surface area (Å²) in [5.74, 6) is -0.352. The second-order valence-corrected chi connectivity index (χ2v) is 6.23. The number of hydrogen-bond donors (Lipinski definition) is 0. The Morgan fingerprint density at radius 1 is 1.24 bits per heavy atom. The number of nitrogens with zero attached hydrogens (tertiary/aromatic N) is 3. The summed E-state index contributed by atoms with van der Waals surface area (Å²) in [6, 6.07) is 4.85. The molecule has 2 aromatic rings. The number of Topliss-reactive ketones (excluding diaryl/α,β-unsaturated/α-hetero) is 1. The molecule has 2 heterocycles. The first kappa shape index (κ1) is 17.6. The minimum absolute atomic E-state index is 0.0232. The number of aromatic nitrogens is 3. The van der Waals surface area contributed by atoms with Crippen molar-refractivity contribution in [2.75, 3.05) is 19.0 Å². The van der Waals surface area contributed by atoms with E-state index in [4.69, 9.17) is 9.47 Å². The molecule has 134 valence electrons. The Kier molecular flexibility index (Phi) is 4.89. The smallest absolute Gasteiger partial charge is 0.451 e. The second-order valence-electron chi connectivity index (χ2n) is 5.29. The maximum Gasteiger partial charge on any atom is 0.451 e. The standard InChI is InChI=1S/C15H14F3N3O3S/c1-21-13(15(16,17)18)19-20-14(21)25-8-10(22)9-3-4-11-12(7-9)24-6-2-5-23-11/h3-4,7H,2,5-6,8H2,1H3. The van der Waals surface area contributed by atoms with Crippen LogP contribution in [0.15, 0.2) is 23.4 Å². The Hall–Kier alpha value is -2.23. The van der Waals surface area contributed by atoms with Crippen LogP contribution in [0.1, 0.15) is 22.6 Å². The van der Waals surface area contributed by atoms with Gasteiger partial charge in [-0.2, -0.15) is 13.2 Å². The summed E-state index contributed by atoms with van der Waals surface area (Å²) >= 11 is 0.896. The van der Waals surface area contributed by atoms with Crippen molar-refractivity contribution in [3.8, 4) is 11.5 Å². The van der Waals surface area contributed by atoms with Crippen molar-refractivity contribution in [2.45, 2.75) is 17.8 Å². The van der Waals surface area contributed by atoms with Gasteiger partial charge in [0.1, 0.15) is 0 Å². The first-order valence-electron chi connectivity index (χ1n) is 7.38. The van der Waals surface area contributed by atoms with Gasteiger partial charge in [0, 0.05) is 19.0 Å². The minimum Gasteiger partial charge on any atom is -0.490 e. The van der Waals surface area contributed by atoms with Crippen molar-refractivity contribution in [1.82, 2.24) is 14.8 Å². The van der Waals surface area contributed by atoms with Gasteiger partial charge in [0.05, 0.1) is 19.0 Å². The van der Waals surface area contributed by atoms with Gasteiger partial charge in [-0.15, -0.1) is 10.2 Å². The van der Waals surface area contributed by atoms with Gasteiger partial charge in [0.25, 0.3) is 0 Å². The van der Waals surface area contributed by atoms with Gasteiger partial charge in [0.15, 0.2) is 22.4 Å². The average molecular weight is 373 g/mol. The van der Waals surface area contributed by atoms with Crippen LogP contribution in [0.25, 0.3) is 0 Å². The molecule has 0 spiro atoms. The number of carbonyl (C=O) groups excluding carboxylic acids is 1. The van der Waals surface area contributed by atoms with Gasteiger partial charge >= 0.3 is 6.18 Å². The monoisotopic (exact) mass is 373 g/mol. The SMILES string of the molecule is Cn1c(SCC(=O)c2ccc3c(c2)OCCCO3)nnc1C(F)(F)F. The van der Waals surface area contributed by atoms with Gasteiger partial charge in [-0.05, 0) is 18.2 Å². The number of fused-ring (bicyclic) bond motifs is 1. The Labute approximate surface area is 145 Å². The molecule has 0 aliphatic carbocycles. The highest BCUT2D eigenvalue weighted by Crippen LogP contribution is 2.32. The van der Waals surface area contributed by atoms with Crippen molar-refractivity contribution in [3.63, 3.8) is 0 Å². The van der Waals surface area contributed by atoms with Crippen molar-refractivity contribution in [2.24, 2.45) is 7.05 Å². The maximum absolute atomic E-state index is 12.7. The normalized spacial score (nSPS) is 14.2. The molecular formula is C15H14F3N3O3S. The number of thioether (sulfide) groups is 1. The van der Waals surface area contributed by atoms with E-state index in [9.17, 15) is 18.0 Å². The molecule has 25 heavy (non-hydrogen) atoms. The van der Waals surface area contributed by atoms with Crippen LogP contribution in [0, 0.1) is 0 Å². The highest BCUT2D eigenvalue weighted by Gasteiger charge is 2.37. The number of ketones is 1. The van der Waals surface area contributed by atoms with E-state index >= 15 is 0 Å². The van der Waals surface area contributed by atoms with Crippen LogP contribution in [-0.4, -0.2) is 39.5 Å². The Morgan fingerprint density at radius 2 is 1.96 bits per heavy atom. The van der Waals surface area contributed by atoms with Crippen LogP contribution in [0.5, 0.6) is 11.5 Å². The first-order chi connectivity index (χ1) is 11.9. The third-order valence-electron chi connectivity index (χ3n) is 3.49. The first-order valence-corrected chi connectivity index (χ1v) is 8.37. The van der Waals surface area contributed by atoms with Gasteiger partial charge in [0.2, 0.25) is 5.82 Å². The molecule has 1 aromatic heterocycles. The van der Waals surface area contributed by atoms with E-state index in [1.807, 2.05) is 0 Å². The van der Waals surface area contributed by atoms with Crippen LogP contribution in [0.2, 0.25) is 0 Å². The van der Waals surface area contributed by atoms with Gasteiger partial charge in [-0.3, -0.25) is 4.79 Å². The number of benzene rings is 1. The fraction of sp³-hybridized carbons (Fsp3) is 0.400. The van der Waals surface area contributed by atoms with E-state index in [-0.39, 0.29) is 16.7 Å². The van der Waals surface area contributed by atoms with Crippen LogP contribution in [-0.2, 0) is 13.2 Å². The lowest BCUT2D eigenvalue weighted by Crippen LogP contribution is -2.13. The second kappa shape index (κ2) is 6.95. The maximum atomic E-state index is 12.7. The molecule has 0 fully saturated rings. The molecule has 0 amide bonds. The largest absolute Gasteiger partial charge is 0.490 e. The summed E-state index contributed by atoms with van der Waals surface area (Å²) in [5, 5.41) is 6.64. The van der Waals surface area contributed by atoms with Crippen LogP contribution in [0.4, 0.5) is 13.2 Å². The van der Waals surface area contributed by atoms with E-state index in [1.54, 1.807) is 18.2 Å². The van der Waals surface area contributed by atoms with Crippen molar-refractivity contribution >= 4 is 17.5 Å². The zero-order chi connectivity index (χ0) is 18.0. The molecule has 0 unspecified atom stereocenters. The molecule has 3 rings (SSSR count). The van der Waals surface area contributed by atoms with Gasteiger partial charge < -0.3 is 14.0 Å². The zero-order valence-corrected chi connectivity index (χ0v) is 14.0. The Balaban J connectivity index is 1.69. The number of hydrogen-bond acceptors (Lipinski definition) is 6. The Bertz CT molecular complexity index is 792. The molecule has 1 aromatic carbocycles. The topological polar surface area (TPSA) is 66.2 Å². The molecule has 0 N–H and O–H groups in total. The number of carbonyl (C=O) groups is 1. The summed E-state index contributed by atoms with van der Waals surface area (Å²) in [6.07, 6.45) is -3.83. The lowest BCUT2D eigenvalue weighted by atomic mass is 10.1. The quantitative estimate of drug-likeness (QED) is 0.606. The predicted octanol–water partition coefficient (Wildman–Crippen LogP) is 2.97. The molecule has 0 saturated carbocycles. The van der Waals surface area contributed by atoms with Crippen LogP contribution >= 0.6 is 11.8 Å². The van der Waals surface area contributed by atoms with E-state index in [1.165, 1.54) is 7.05 Å². The third kappa shape index (κ3) is 3.89. The van der Waals surface area contributed by atoms with Crippen LogP contribution < -0.4 is 9.47 Å². The van der Waals surface area contributed by atoms with E-state index in [0.29, 0.717) is 30.3 Å². The van der Waals surface area contributed by atoms with Crippen LogP contribution in [0.3, 0.4) is 0 Å². The van der Waals surface area contributed by atoms with Crippen molar-refractivity contribution < 1.29 is 27.4 Å². The minimum atomic E-state index is -4.58. The number of halogens is 3. The summed E-state index contributed by atoms with van der Waals surface area (Å²) in [6.45, 7) is 1.04. The summed E-state index contributed by atoms with van der Waals surface area (Å²) in [4.78, 5) is 12.3. The molecule has 0 saturated heterocycles.